The largest absolute Gasteiger partial charge is 0.417 e. The second-order valence-corrected chi connectivity index (χ2v) is 15.1. The first-order valence-corrected chi connectivity index (χ1v) is 18.0. The Morgan fingerprint density at radius 3 is 2.02 bits per heavy atom. The summed E-state index contributed by atoms with van der Waals surface area (Å²) >= 11 is 11.8. The van der Waals surface area contributed by atoms with Crippen molar-refractivity contribution in [2.75, 3.05) is 14.3 Å². The van der Waals surface area contributed by atoms with Crippen molar-refractivity contribution in [1.82, 2.24) is 0 Å². The zero-order valence-corrected chi connectivity index (χ0v) is 28.5. The van der Waals surface area contributed by atoms with Crippen molar-refractivity contribution in [2.45, 2.75) is 29.4 Å². The molecule has 0 spiro atoms. The minimum atomic E-state index is -4.78. The van der Waals surface area contributed by atoms with Crippen LogP contribution in [0, 0.1) is 6.92 Å². The molecule has 0 fully saturated rings. The molecule has 0 aliphatic heterocycles. The van der Waals surface area contributed by atoms with Crippen molar-refractivity contribution in [3.63, 3.8) is 0 Å². The number of nitrogens with zero attached hydrogens (tertiary/aromatic N) is 1. The van der Waals surface area contributed by atoms with Gasteiger partial charge in [-0.2, -0.15) is 13.2 Å². The van der Waals surface area contributed by atoms with Gasteiger partial charge in [0.1, 0.15) is 0 Å². The first-order chi connectivity index (χ1) is 23.0. The Kier molecular flexibility index (Phi) is 10.3. The summed E-state index contributed by atoms with van der Waals surface area (Å²) in [7, 11) is -8.28. The van der Waals surface area contributed by atoms with Crippen LogP contribution in [-0.2, 0) is 32.8 Å². The topological polar surface area (TPSA) is 113 Å². The fourth-order valence-electron chi connectivity index (χ4n) is 4.74. The molecule has 8 nitrogen and oxygen atoms in total. The first kappa shape index (κ1) is 35.7. The Bertz CT molecular complexity index is 2220. The van der Waals surface area contributed by atoms with Gasteiger partial charge in [-0.15, -0.1) is 0 Å². The second kappa shape index (κ2) is 14.1. The van der Waals surface area contributed by atoms with Gasteiger partial charge in [0.2, 0.25) is 0 Å². The molecule has 0 radical (unpaired) electrons. The Hall–Kier alpha value is -4.56. The molecular weight excluding hydrogens is 722 g/mol. The summed E-state index contributed by atoms with van der Waals surface area (Å²) in [5.41, 5.74) is 0.637. The molecule has 15 heteroatoms. The molecule has 254 valence electrons. The molecule has 0 saturated carbocycles. The lowest BCUT2D eigenvalue weighted by Crippen LogP contribution is -2.31. The van der Waals surface area contributed by atoms with Crippen LogP contribution >= 0.6 is 23.2 Å². The number of hydrogen-bond acceptors (Lipinski definition) is 5. The van der Waals surface area contributed by atoms with Gasteiger partial charge in [-0.05, 0) is 96.9 Å². The summed E-state index contributed by atoms with van der Waals surface area (Å²) < 4.78 is 96.1. The SMILES string of the molecule is Cc1ccc(Cl)cc1N(Cc1ccc(C(=O)Nc2ccc(S(=O)(=O)Nc3ccc(Cl)c(C(F)(F)F)c3)cc2)cc1)S(=O)(=O)c1ccccc1. The molecule has 5 aromatic rings. The lowest BCUT2D eigenvalue weighted by atomic mass is 10.1. The van der Waals surface area contributed by atoms with E-state index in [-0.39, 0.29) is 33.3 Å². The van der Waals surface area contributed by atoms with Crippen LogP contribution in [-0.4, -0.2) is 22.7 Å². The zero-order valence-electron chi connectivity index (χ0n) is 25.4. The van der Waals surface area contributed by atoms with Gasteiger partial charge in [0.05, 0.1) is 32.6 Å². The fraction of sp³-hybridized carbons (Fsp3) is 0.0882. The summed E-state index contributed by atoms with van der Waals surface area (Å²) in [6.45, 7) is 1.72. The van der Waals surface area contributed by atoms with Crippen molar-refractivity contribution < 1.29 is 34.8 Å². The van der Waals surface area contributed by atoms with Gasteiger partial charge in [0, 0.05) is 22.0 Å². The van der Waals surface area contributed by atoms with E-state index in [2.05, 4.69) is 10.0 Å². The van der Waals surface area contributed by atoms with Gasteiger partial charge in [-0.1, -0.05) is 59.6 Å². The molecule has 2 N–H and O–H groups in total. The number of carbonyl (C=O) groups is 1. The molecule has 5 aromatic carbocycles. The maximum Gasteiger partial charge on any atom is 0.417 e. The van der Waals surface area contributed by atoms with E-state index < -0.39 is 42.7 Å². The van der Waals surface area contributed by atoms with Gasteiger partial charge in [0.15, 0.2) is 0 Å². The third-order valence-corrected chi connectivity index (χ3v) is 11.0. The van der Waals surface area contributed by atoms with Crippen molar-refractivity contribution in [1.29, 1.82) is 0 Å². The molecule has 0 aliphatic carbocycles. The molecule has 5 rings (SSSR count). The molecule has 0 heterocycles. The predicted octanol–water partition coefficient (Wildman–Crippen LogP) is 8.77. The molecule has 0 atom stereocenters. The zero-order chi connectivity index (χ0) is 35.6. The van der Waals surface area contributed by atoms with Gasteiger partial charge in [-0.3, -0.25) is 13.8 Å². The first-order valence-electron chi connectivity index (χ1n) is 14.3. The maximum atomic E-state index is 13.7. The predicted molar refractivity (Wildman–Crippen MR) is 184 cm³/mol. The van der Waals surface area contributed by atoms with Crippen LogP contribution in [0.2, 0.25) is 10.0 Å². The molecule has 0 saturated heterocycles. The molecule has 49 heavy (non-hydrogen) atoms. The molecule has 1 amide bonds. The number of anilines is 3. The summed E-state index contributed by atoms with van der Waals surface area (Å²) in [4.78, 5) is 12.8. The van der Waals surface area contributed by atoms with Crippen LogP contribution in [0.25, 0.3) is 0 Å². The van der Waals surface area contributed by atoms with Crippen LogP contribution in [0.4, 0.5) is 30.2 Å². The minimum absolute atomic E-state index is 0.0577. The fourth-order valence-corrected chi connectivity index (χ4v) is 7.71. The number of amides is 1. The number of carbonyl (C=O) groups excluding carboxylic acids is 1. The highest BCUT2D eigenvalue weighted by atomic mass is 35.5. The number of rotatable bonds is 10. The number of benzene rings is 5. The van der Waals surface area contributed by atoms with Crippen molar-refractivity contribution >= 4 is 66.2 Å². The molecule has 0 bridgehead atoms. The highest BCUT2D eigenvalue weighted by Gasteiger charge is 2.34. The Labute approximate surface area is 291 Å². The molecular formula is C34H26Cl2F3N3O5S2. The minimum Gasteiger partial charge on any atom is -0.322 e. The van der Waals surface area contributed by atoms with E-state index in [4.69, 9.17) is 23.2 Å². The van der Waals surface area contributed by atoms with E-state index in [0.29, 0.717) is 27.9 Å². The Balaban J connectivity index is 1.30. The van der Waals surface area contributed by atoms with E-state index in [1.807, 2.05) is 0 Å². The highest BCUT2D eigenvalue weighted by molar-refractivity contribution is 7.93. The third kappa shape index (κ3) is 8.36. The summed E-state index contributed by atoms with van der Waals surface area (Å²) in [5.74, 6) is -0.527. The van der Waals surface area contributed by atoms with Crippen molar-refractivity contribution in [2.24, 2.45) is 0 Å². The van der Waals surface area contributed by atoms with Gasteiger partial charge in [-0.25, -0.2) is 16.8 Å². The number of sulfonamides is 2. The summed E-state index contributed by atoms with van der Waals surface area (Å²) in [6, 6.07) is 26.9. The number of nitrogens with one attached hydrogen (secondary N) is 2. The van der Waals surface area contributed by atoms with E-state index in [9.17, 15) is 34.8 Å². The van der Waals surface area contributed by atoms with E-state index in [1.165, 1.54) is 52.8 Å². The van der Waals surface area contributed by atoms with Crippen LogP contribution in [0.1, 0.15) is 27.0 Å². The van der Waals surface area contributed by atoms with E-state index >= 15 is 0 Å². The van der Waals surface area contributed by atoms with Crippen LogP contribution in [0.15, 0.2) is 125 Å². The van der Waals surface area contributed by atoms with Crippen molar-refractivity contribution in [3.05, 3.63) is 148 Å². The standard InChI is InChI=1S/C34H26Cl2F3N3O5S2/c1-22-7-12-25(35)19-32(22)42(49(46,47)29-5-3-2-4-6-29)21-23-8-10-24(11-9-23)33(43)40-26-13-16-28(17-14-26)48(44,45)41-27-15-18-31(36)30(20-27)34(37,38)39/h2-20,41H,21H2,1H3,(H,40,43). The van der Waals surface area contributed by atoms with Crippen LogP contribution in [0.5, 0.6) is 0 Å². The van der Waals surface area contributed by atoms with Gasteiger partial charge in [0.25, 0.3) is 26.0 Å². The normalized spacial score (nSPS) is 12.0. The molecule has 0 aromatic heterocycles. The number of halogens is 5. The molecule has 0 aliphatic rings. The lowest BCUT2D eigenvalue weighted by molar-refractivity contribution is -0.137. The van der Waals surface area contributed by atoms with Gasteiger partial charge < -0.3 is 5.32 Å². The lowest BCUT2D eigenvalue weighted by Gasteiger charge is -2.26. The second-order valence-electron chi connectivity index (χ2n) is 10.7. The average molecular weight is 749 g/mol. The number of alkyl halides is 3. The quantitative estimate of drug-likeness (QED) is 0.148. The van der Waals surface area contributed by atoms with Crippen LogP contribution in [0.3, 0.4) is 0 Å². The smallest absolute Gasteiger partial charge is 0.322 e. The third-order valence-electron chi connectivity index (χ3n) is 7.26. The van der Waals surface area contributed by atoms with Crippen LogP contribution < -0.4 is 14.3 Å². The summed E-state index contributed by atoms with van der Waals surface area (Å²) in [5, 5.41) is 2.44. The number of aryl methyl sites for hydroxylation is 1. The highest BCUT2D eigenvalue weighted by Crippen LogP contribution is 2.37. The van der Waals surface area contributed by atoms with E-state index in [0.717, 1.165) is 12.1 Å². The summed E-state index contributed by atoms with van der Waals surface area (Å²) in [6.07, 6.45) is -4.78. The Morgan fingerprint density at radius 1 is 0.755 bits per heavy atom. The number of hydrogen-bond donors (Lipinski definition) is 2. The van der Waals surface area contributed by atoms with Gasteiger partial charge >= 0.3 is 6.18 Å². The van der Waals surface area contributed by atoms with E-state index in [1.54, 1.807) is 55.5 Å². The monoisotopic (exact) mass is 747 g/mol. The maximum absolute atomic E-state index is 13.7. The van der Waals surface area contributed by atoms with Crippen molar-refractivity contribution in [3.8, 4) is 0 Å². The average Bonchev–Trinajstić information content (AvgIpc) is 3.06. The Morgan fingerprint density at radius 2 is 1.39 bits per heavy atom. The molecule has 0 unspecified atom stereocenters.